The zero-order valence-electron chi connectivity index (χ0n) is 9.55. The Labute approximate surface area is 98.8 Å². The van der Waals surface area contributed by atoms with Crippen LogP contribution in [-0.2, 0) is 15.5 Å². The summed E-state index contributed by atoms with van der Waals surface area (Å²) in [6, 6.07) is 10.1. The van der Waals surface area contributed by atoms with Crippen molar-refractivity contribution in [2.75, 3.05) is 5.75 Å². The Kier molecular flexibility index (Phi) is 3.44. The third-order valence-electron chi connectivity index (χ3n) is 2.76. The Balaban J connectivity index is 1.94. The van der Waals surface area contributed by atoms with Crippen molar-refractivity contribution >= 4 is 16.4 Å². The first-order valence-electron chi connectivity index (χ1n) is 5.43. The lowest BCUT2D eigenvalue weighted by atomic mass is 10.1. The number of benzene rings is 1. The van der Waals surface area contributed by atoms with Gasteiger partial charge >= 0.3 is 0 Å². The van der Waals surface area contributed by atoms with Gasteiger partial charge in [-0.1, -0.05) is 30.3 Å². The van der Waals surface area contributed by atoms with Crippen LogP contribution in [-0.4, -0.2) is 21.3 Å². The van der Waals surface area contributed by atoms with Gasteiger partial charge in [-0.3, -0.25) is 4.21 Å². The van der Waals surface area contributed by atoms with Crippen LogP contribution in [0.3, 0.4) is 0 Å². The van der Waals surface area contributed by atoms with E-state index in [2.05, 4.69) is 12.1 Å². The summed E-state index contributed by atoms with van der Waals surface area (Å²) in [4.78, 5) is 0. The summed E-state index contributed by atoms with van der Waals surface area (Å²) in [6.07, 6.45) is 1.83. The molecule has 0 saturated carbocycles. The minimum absolute atomic E-state index is 0.0551. The second-order valence-electron chi connectivity index (χ2n) is 4.09. The van der Waals surface area contributed by atoms with Crippen LogP contribution in [0.1, 0.15) is 19.4 Å². The molecule has 3 atom stereocenters. The van der Waals surface area contributed by atoms with Crippen LogP contribution in [0.15, 0.2) is 36.6 Å². The average molecular weight is 236 g/mol. The Hall–Kier alpha value is -1.09. The van der Waals surface area contributed by atoms with Gasteiger partial charge in [0, 0.05) is 16.6 Å². The van der Waals surface area contributed by atoms with Crippen molar-refractivity contribution in [3.8, 4) is 0 Å². The van der Waals surface area contributed by atoms with Gasteiger partial charge < -0.3 is 4.74 Å². The van der Waals surface area contributed by atoms with E-state index in [0.717, 1.165) is 16.9 Å². The second-order valence-corrected chi connectivity index (χ2v) is 5.79. The Morgan fingerprint density at radius 2 is 2.12 bits per heavy atom. The molecule has 0 aliphatic carbocycles. The minimum atomic E-state index is -0.642. The van der Waals surface area contributed by atoms with E-state index >= 15 is 0 Å². The molecule has 0 radical (unpaired) electrons. The fourth-order valence-corrected chi connectivity index (χ4v) is 2.71. The lowest BCUT2D eigenvalue weighted by Gasteiger charge is -2.09. The SMILES string of the molecule is C/C(=C/OC(C)C1CS1=O)c1ccccc1. The predicted molar refractivity (Wildman–Crippen MR) is 67.4 cm³/mol. The maximum Gasteiger partial charge on any atom is 0.110 e. The average Bonchev–Trinajstić information content (AvgIpc) is 3.04. The maximum atomic E-state index is 11.1. The predicted octanol–water partition coefficient (Wildman–Crippen LogP) is 2.58. The normalized spacial score (nSPS) is 26.2. The standard InChI is InChI=1S/C13H16O2S/c1-10(12-6-4-3-5-7-12)8-15-11(2)13-9-16(13)14/h3-8,11,13H,9H2,1-2H3/b10-8-. The molecule has 1 aromatic rings. The molecule has 0 spiro atoms. The lowest BCUT2D eigenvalue weighted by molar-refractivity contribution is 0.170. The summed E-state index contributed by atoms with van der Waals surface area (Å²) in [7, 11) is -0.642. The molecule has 86 valence electrons. The Morgan fingerprint density at radius 1 is 1.50 bits per heavy atom. The van der Waals surface area contributed by atoms with Gasteiger partial charge in [0.25, 0.3) is 0 Å². The van der Waals surface area contributed by atoms with E-state index in [4.69, 9.17) is 4.74 Å². The lowest BCUT2D eigenvalue weighted by Crippen LogP contribution is -2.12. The first-order chi connectivity index (χ1) is 7.68. The number of hydrogen-bond acceptors (Lipinski definition) is 2. The number of ether oxygens (including phenoxy) is 1. The zero-order valence-corrected chi connectivity index (χ0v) is 10.4. The zero-order chi connectivity index (χ0) is 11.5. The van der Waals surface area contributed by atoms with Crippen LogP contribution in [0.4, 0.5) is 0 Å². The van der Waals surface area contributed by atoms with Gasteiger partial charge in [-0.2, -0.15) is 0 Å². The molecule has 1 fully saturated rings. The summed E-state index contributed by atoms with van der Waals surface area (Å²) in [6.45, 7) is 4.00. The molecule has 0 amide bonds. The number of rotatable bonds is 4. The van der Waals surface area contributed by atoms with Crippen molar-refractivity contribution in [2.24, 2.45) is 0 Å². The summed E-state index contributed by atoms with van der Waals surface area (Å²) >= 11 is 0. The highest BCUT2D eigenvalue weighted by atomic mass is 32.2. The third kappa shape index (κ3) is 2.73. The molecule has 3 heteroatoms. The summed E-state index contributed by atoms with van der Waals surface area (Å²) in [5, 5.41) is 0.236. The van der Waals surface area contributed by atoms with Crippen molar-refractivity contribution in [1.29, 1.82) is 0 Å². The molecule has 1 aliphatic heterocycles. The largest absolute Gasteiger partial charge is 0.497 e. The van der Waals surface area contributed by atoms with Crippen molar-refractivity contribution in [1.82, 2.24) is 0 Å². The molecule has 16 heavy (non-hydrogen) atoms. The van der Waals surface area contributed by atoms with Crippen LogP contribution in [0, 0.1) is 0 Å². The highest BCUT2D eigenvalue weighted by Crippen LogP contribution is 2.23. The van der Waals surface area contributed by atoms with Crippen LogP contribution < -0.4 is 0 Å². The van der Waals surface area contributed by atoms with Gasteiger partial charge in [0.2, 0.25) is 0 Å². The van der Waals surface area contributed by atoms with Gasteiger partial charge in [-0.25, -0.2) is 0 Å². The van der Waals surface area contributed by atoms with Crippen LogP contribution in [0.2, 0.25) is 0 Å². The molecule has 3 unspecified atom stereocenters. The molecular formula is C13H16O2S. The smallest absolute Gasteiger partial charge is 0.110 e. The fourth-order valence-electron chi connectivity index (χ4n) is 1.54. The van der Waals surface area contributed by atoms with E-state index in [1.54, 1.807) is 6.26 Å². The Bertz CT molecular complexity index is 411. The van der Waals surface area contributed by atoms with E-state index in [0.29, 0.717) is 0 Å². The van der Waals surface area contributed by atoms with Gasteiger partial charge in [-0.15, -0.1) is 0 Å². The van der Waals surface area contributed by atoms with Crippen molar-refractivity contribution in [3.05, 3.63) is 42.2 Å². The Morgan fingerprint density at radius 3 is 2.69 bits per heavy atom. The highest BCUT2D eigenvalue weighted by molar-refractivity contribution is 7.93. The first-order valence-corrected chi connectivity index (χ1v) is 6.81. The number of allylic oxidation sites excluding steroid dienone is 1. The minimum Gasteiger partial charge on any atom is -0.497 e. The summed E-state index contributed by atoms with van der Waals surface area (Å²) in [5.41, 5.74) is 2.26. The van der Waals surface area contributed by atoms with Gasteiger partial charge in [0.1, 0.15) is 6.10 Å². The van der Waals surface area contributed by atoms with Gasteiger partial charge in [0.15, 0.2) is 0 Å². The molecule has 1 aliphatic rings. The van der Waals surface area contributed by atoms with E-state index in [1.165, 1.54) is 0 Å². The molecule has 2 rings (SSSR count). The topological polar surface area (TPSA) is 26.3 Å². The van der Waals surface area contributed by atoms with E-state index < -0.39 is 10.8 Å². The highest BCUT2D eigenvalue weighted by Gasteiger charge is 2.39. The van der Waals surface area contributed by atoms with Gasteiger partial charge in [-0.05, 0) is 25.0 Å². The molecule has 1 aromatic carbocycles. The van der Waals surface area contributed by atoms with Gasteiger partial charge in [0.05, 0.1) is 11.5 Å². The third-order valence-corrected chi connectivity index (χ3v) is 4.25. The molecule has 1 heterocycles. The van der Waals surface area contributed by atoms with Crippen molar-refractivity contribution < 1.29 is 8.95 Å². The van der Waals surface area contributed by atoms with Crippen molar-refractivity contribution in [3.63, 3.8) is 0 Å². The van der Waals surface area contributed by atoms with Crippen LogP contribution in [0.5, 0.6) is 0 Å². The molecular weight excluding hydrogens is 220 g/mol. The quantitative estimate of drug-likeness (QED) is 0.593. The van der Waals surface area contributed by atoms with Crippen molar-refractivity contribution in [2.45, 2.75) is 25.2 Å². The van der Waals surface area contributed by atoms with E-state index in [1.807, 2.05) is 32.0 Å². The summed E-state index contributed by atoms with van der Waals surface area (Å²) in [5.74, 6) is 0.791. The maximum absolute atomic E-state index is 11.1. The van der Waals surface area contributed by atoms with E-state index in [9.17, 15) is 4.21 Å². The summed E-state index contributed by atoms with van der Waals surface area (Å²) < 4.78 is 16.7. The second kappa shape index (κ2) is 4.83. The molecule has 2 nitrogen and oxygen atoms in total. The first kappa shape index (κ1) is 11.4. The molecule has 0 aromatic heterocycles. The number of hydrogen-bond donors (Lipinski definition) is 0. The molecule has 0 N–H and O–H groups in total. The van der Waals surface area contributed by atoms with E-state index in [-0.39, 0.29) is 11.4 Å². The van der Waals surface area contributed by atoms with Crippen LogP contribution >= 0.6 is 0 Å². The van der Waals surface area contributed by atoms with Crippen LogP contribution in [0.25, 0.3) is 5.57 Å². The monoisotopic (exact) mass is 236 g/mol. The molecule has 1 saturated heterocycles. The fraction of sp³-hybridized carbons (Fsp3) is 0.385. The molecule has 0 bridgehead atoms.